The molecule has 0 fully saturated rings. The Morgan fingerprint density at radius 2 is 1.84 bits per heavy atom. The Morgan fingerprint density at radius 3 is 2.32 bits per heavy atom. The summed E-state index contributed by atoms with van der Waals surface area (Å²) < 4.78 is 4.86. The normalized spacial score (nSPS) is 12.9. The van der Waals surface area contributed by atoms with Gasteiger partial charge in [0.25, 0.3) is 0 Å². The molecule has 0 N–H and O–H groups in total. The summed E-state index contributed by atoms with van der Waals surface area (Å²) in [5.41, 5.74) is 3.91. The third-order valence-electron chi connectivity index (χ3n) is 3.08. The summed E-state index contributed by atoms with van der Waals surface area (Å²) in [6, 6.07) is 10.0. The zero-order chi connectivity index (χ0) is 14.3. The van der Waals surface area contributed by atoms with Gasteiger partial charge in [0.1, 0.15) is 0 Å². The molecule has 0 radical (unpaired) electrons. The molecular weight excluding hydrogens is 236 g/mol. The van der Waals surface area contributed by atoms with Crippen molar-refractivity contribution in [2.24, 2.45) is 0 Å². The molecule has 0 aliphatic heterocycles. The molecule has 1 rings (SSSR count). The molecule has 0 aliphatic rings. The quantitative estimate of drug-likeness (QED) is 0.445. The number of benzene rings is 1. The first-order valence-corrected chi connectivity index (χ1v) is 6.69. The lowest BCUT2D eigenvalue weighted by atomic mass is 9.91. The number of carbonyl (C=O) groups excluding carboxylic acids is 1. The fourth-order valence-corrected chi connectivity index (χ4v) is 2.17. The second-order valence-corrected chi connectivity index (χ2v) is 4.35. The zero-order valence-corrected chi connectivity index (χ0v) is 12.2. The van der Waals surface area contributed by atoms with Crippen molar-refractivity contribution in [1.82, 2.24) is 0 Å². The molecule has 102 valence electrons. The van der Waals surface area contributed by atoms with Crippen LogP contribution in [0.4, 0.5) is 0 Å². The lowest BCUT2D eigenvalue weighted by molar-refractivity contribution is -0.135. The van der Waals surface area contributed by atoms with Gasteiger partial charge in [0, 0.05) is 5.57 Å². The van der Waals surface area contributed by atoms with Crippen LogP contribution in [0.5, 0.6) is 0 Å². The number of rotatable bonds is 5. The molecule has 0 saturated carbocycles. The highest BCUT2D eigenvalue weighted by molar-refractivity contribution is 6.01. The molecule has 0 saturated heterocycles. The molecule has 0 amide bonds. The molecule has 2 nitrogen and oxygen atoms in total. The van der Waals surface area contributed by atoms with E-state index >= 15 is 0 Å². The Labute approximate surface area is 115 Å². The molecule has 0 unspecified atom stereocenters. The first kappa shape index (κ1) is 15.2. The largest absolute Gasteiger partial charge is 0.466 e. The number of carbonyl (C=O) groups is 1. The second kappa shape index (κ2) is 7.57. The zero-order valence-electron chi connectivity index (χ0n) is 12.2. The van der Waals surface area contributed by atoms with Crippen LogP contribution in [-0.2, 0) is 9.53 Å². The maximum atomic E-state index is 11.8. The minimum Gasteiger partial charge on any atom is -0.466 e. The van der Waals surface area contributed by atoms with E-state index in [0.717, 1.165) is 24.0 Å². The Bertz CT molecular complexity index is 481. The van der Waals surface area contributed by atoms with Gasteiger partial charge in [-0.2, -0.15) is 0 Å². The molecular formula is C17H22O2. The Morgan fingerprint density at radius 1 is 1.21 bits per heavy atom. The van der Waals surface area contributed by atoms with E-state index in [4.69, 9.17) is 4.74 Å². The van der Waals surface area contributed by atoms with Gasteiger partial charge in [-0.3, -0.25) is 0 Å². The SMILES string of the molecule is CCC=C(CC)C(=C(C)C(=O)OC)c1ccccc1. The van der Waals surface area contributed by atoms with Crippen LogP contribution in [0.15, 0.2) is 47.6 Å². The van der Waals surface area contributed by atoms with E-state index in [0.29, 0.717) is 5.57 Å². The van der Waals surface area contributed by atoms with Crippen LogP contribution in [0.2, 0.25) is 0 Å². The van der Waals surface area contributed by atoms with Crippen molar-refractivity contribution in [3.63, 3.8) is 0 Å². The van der Waals surface area contributed by atoms with Gasteiger partial charge in [-0.1, -0.05) is 50.3 Å². The van der Waals surface area contributed by atoms with Crippen LogP contribution in [-0.4, -0.2) is 13.1 Å². The van der Waals surface area contributed by atoms with Crippen molar-refractivity contribution in [3.05, 3.63) is 53.1 Å². The molecule has 0 aliphatic carbocycles. The number of hydrogen-bond donors (Lipinski definition) is 0. The average molecular weight is 258 g/mol. The molecule has 0 spiro atoms. The highest BCUT2D eigenvalue weighted by atomic mass is 16.5. The maximum Gasteiger partial charge on any atom is 0.334 e. The van der Waals surface area contributed by atoms with E-state index in [9.17, 15) is 4.79 Å². The first-order chi connectivity index (χ1) is 9.15. The van der Waals surface area contributed by atoms with Crippen LogP contribution in [0.3, 0.4) is 0 Å². The van der Waals surface area contributed by atoms with E-state index < -0.39 is 0 Å². The maximum absolute atomic E-state index is 11.8. The monoisotopic (exact) mass is 258 g/mol. The number of ether oxygens (including phenoxy) is 1. The molecule has 0 aromatic heterocycles. The summed E-state index contributed by atoms with van der Waals surface area (Å²) in [4.78, 5) is 11.8. The molecule has 1 aromatic rings. The third kappa shape index (κ3) is 3.82. The van der Waals surface area contributed by atoms with Gasteiger partial charge in [-0.15, -0.1) is 0 Å². The molecule has 2 heteroatoms. The minimum absolute atomic E-state index is 0.269. The lowest BCUT2D eigenvalue weighted by Gasteiger charge is -2.14. The summed E-state index contributed by atoms with van der Waals surface area (Å²) >= 11 is 0. The molecule has 0 atom stereocenters. The Kier molecular flexibility index (Phi) is 6.07. The highest BCUT2D eigenvalue weighted by Gasteiger charge is 2.15. The summed E-state index contributed by atoms with van der Waals surface area (Å²) in [5, 5.41) is 0. The van der Waals surface area contributed by atoms with Crippen LogP contribution in [0.25, 0.3) is 5.57 Å². The topological polar surface area (TPSA) is 26.3 Å². The smallest absolute Gasteiger partial charge is 0.334 e. The van der Waals surface area contributed by atoms with Gasteiger partial charge < -0.3 is 4.74 Å². The predicted molar refractivity (Wildman–Crippen MR) is 79.7 cm³/mol. The first-order valence-electron chi connectivity index (χ1n) is 6.69. The van der Waals surface area contributed by atoms with Gasteiger partial charge in [-0.25, -0.2) is 4.79 Å². The molecule has 0 heterocycles. The predicted octanol–water partition coefficient (Wildman–Crippen LogP) is 4.38. The van der Waals surface area contributed by atoms with Crippen LogP contribution >= 0.6 is 0 Å². The van der Waals surface area contributed by atoms with E-state index in [2.05, 4.69) is 19.9 Å². The van der Waals surface area contributed by atoms with Gasteiger partial charge in [0.2, 0.25) is 0 Å². The van der Waals surface area contributed by atoms with Gasteiger partial charge in [0.05, 0.1) is 7.11 Å². The van der Waals surface area contributed by atoms with Crippen LogP contribution in [0, 0.1) is 0 Å². The van der Waals surface area contributed by atoms with Crippen molar-refractivity contribution < 1.29 is 9.53 Å². The third-order valence-corrected chi connectivity index (χ3v) is 3.08. The Balaban J connectivity index is 3.43. The Hall–Kier alpha value is -1.83. The summed E-state index contributed by atoms with van der Waals surface area (Å²) in [5.74, 6) is -0.269. The van der Waals surface area contributed by atoms with Gasteiger partial charge in [-0.05, 0) is 36.5 Å². The molecule has 1 aromatic carbocycles. The molecule has 0 bridgehead atoms. The van der Waals surface area contributed by atoms with E-state index in [1.165, 1.54) is 12.7 Å². The van der Waals surface area contributed by atoms with Crippen molar-refractivity contribution >= 4 is 11.5 Å². The summed E-state index contributed by atoms with van der Waals surface area (Å²) in [6.07, 6.45) is 4.02. The van der Waals surface area contributed by atoms with E-state index in [-0.39, 0.29) is 5.97 Å². The van der Waals surface area contributed by atoms with E-state index in [1.54, 1.807) is 0 Å². The fraction of sp³-hybridized carbons (Fsp3) is 0.353. The molecule has 19 heavy (non-hydrogen) atoms. The highest BCUT2D eigenvalue weighted by Crippen LogP contribution is 2.29. The standard InChI is InChI=1S/C17H22O2/c1-5-10-14(6-2)16(13(3)17(18)19-4)15-11-8-7-9-12-15/h7-12H,5-6H2,1-4H3. The van der Waals surface area contributed by atoms with Crippen LogP contribution < -0.4 is 0 Å². The van der Waals surface area contributed by atoms with Gasteiger partial charge >= 0.3 is 5.97 Å². The number of methoxy groups -OCH3 is 1. The summed E-state index contributed by atoms with van der Waals surface area (Å²) in [7, 11) is 1.42. The number of esters is 1. The van der Waals surface area contributed by atoms with Crippen LogP contribution in [0.1, 0.15) is 39.2 Å². The lowest BCUT2D eigenvalue weighted by Crippen LogP contribution is -2.06. The number of hydrogen-bond acceptors (Lipinski definition) is 2. The summed E-state index contributed by atoms with van der Waals surface area (Å²) in [6.45, 7) is 6.04. The number of allylic oxidation sites excluding steroid dienone is 3. The van der Waals surface area contributed by atoms with Crippen molar-refractivity contribution in [1.29, 1.82) is 0 Å². The van der Waals surface area contributed by atoms with Crippen molar-refractivity contribution in [2.75, 3.05) is 7.11 Å². The fourth-order valence-electron chi connectivity index (χ4n) is 2.17. The van der Waals surface area contributed by atoms with Crippen molar-refractivity contribution in [2.45, 2.75) is 33.6 Å². The average Bonchev–Trinajstić information content (AvgIpc) is 2.46. The van der Waals surface area contributed by atoms with E-state index in [1.807, 2.05) is 37.3 Å². The second-order valence-electron chi connectivity index (χ2n) is 4.35. The van der Waals surface area contributed by atoms with Crippen molar-refractivity contribution in [3.8, 4) is 0 Å². The van der Waals surface area contributed by atoms with Gasteiger partial charge in [0.15, 0.2) is 0 Å². The minimum atomic E-state index is -0.269.